The first-order valence-electron chi connectivity index (χ1n) is 43.1. The fourth-order valence-electron chi connectivity index (χ4n) is 20.2. The summed E-state index contributed by atoms with van der Waals surface area (Å²) in [5.74, 6) is -9.62. The molecule has 9 aliphatic carbocycles. The Morgan fingerprint density at radius 1 is 0.484 bits per heavy atom. The quantitative estimate of drug-likeness (QED) is 0.0234. The number of ether oxygens (including phenoxy) is 3. The summed E-state index contributed by atoms with van der Waals surface area (Å²) in [6.07, 6.45) is 15.0. The standard InChI is InChI=1S/C22H23S.C18H15S.C17H25O2S.C14H20F2O2.C13H19F6NO2S.C13H18F2O5S/c1-22(2,3)18-14-16-21(17-15-18)23(19-10-6-4-7-11-19)20-12-8-5-9-13-20;1-4-10-16(11-5-1)19(17-12-6-2-7-13-17)18-14-8-3-9-15-18;1-13-5-7-14(8-6-13)15(18)16(17(2,3)4)20-11-9-19-10-12-20;1-13(15,16)8-18-12(17)14-5-9-2-10(6-14)4-11(3-9)7-14;1-11(14,15)12(16,17)13(18,19)23(21,22)20-7-6-9-4-2-3-5-10(9)8-20;14-13(15,21(17,18)19)7-20-11(16)12-4-8-1-9(5-12)3-10(2-8)6-12/h4-17H,1-3H3;1-15H;5-8,16H,9-12H2,1-4H3;9-11H,2-8H2,1H3;9-10H,2-8H2,1H3;8-10H,1-7H2,(H,17,18,19)/q3*+1;;;/p-1. The molecule has 2 aliphatic heterocycles. The van der Waals surface area contributed by atoms with Gasteiger partial charge in [-0.05, 0) is 228 Å². The second kappa shape index (κ2) is 40.5. The predicted octanol–water partition coefficient (Wildman–Crippen LogP) is 23.1. The average Bonchev–Trinajstić information content (AvgIpc) is 0.725. The summed E-state index contributed by atoms with van der Waals surface area (Å²) < 4.78 is 202. The lowest BCUT2D eigenvalue weighted by molar-refractivity contribution is -0.272. The third kappa shape index (κ3) is 24.2. The average molecular weight is 1830 g/mol. The zero-order valence-corrected chi connectivity index (χ0v) is 76.3. The molecule has 12 nitrogen and oxygen atoms in total. The van der Waals surface area contributed by atoms with Crippen molar-refractivity contribution in [3.8, 4) is 0 Å². The summed E-state index contributed by atoms with van der Waals surface area (Å²) in [6, 6.07) is 70.9. The number of aryl methyl sites for hydroxylation is 1. The van der Waals surface area contributed by atoms with E-state index in [4.69, 9.17) is 9.47 Å². The van der Waals surface area contributed by atoms with Crippen LogP contribution < -0.4 is 0 Å². The van der Waals surface area contributed by atoms with E-state index in [1.54, 1.807) is 0 Å². The van der Waals surface area contributed by atoms with Crippen LogP contribution in [0.15, 0.2) is 230 Å². The van der Waals surface area contributed by atoms with Gasteiger partial charge in [0, 0.05) is 48.8 Å². The number of carbonyl (C=O) groups is 3. The number of rotatable bonds is 20. The van der Waals surface area contributed by atoms with Gasteiger partial charge in [-0.25, -0.2) is 25.6 Å². The fourth-order valence-corrected chi connectivity index (χ4v) is 28.9. The molecule has 2 heterocycles. The molecule has 8 bridgehead atoms. The molecular formula is C97H119F10NO11S5+2. The molecule has 7 aromatic rings. The summed E-state index contributed by atoms with van der Waals surface area (Å²) in [6.45, 7) is 14.3. The Labute approximate surface area is 735 Å². The molecule has 124 heavy (non-hydrogen) atoms. The van der Waals surface area contributed by atoms with Crippen molar-refractivity contribution < 1.29 is 93.9 Å². The molecule has 3 atom stereocenters. The lowest BCUT2D eigenvalue weighted by Gasteiger charge is -2.55. The minimum atomic E-state index is -5.98. The highest BCUT2D eigenvalue weighted by Gasteiger charge is 2.77. The van der Waals surface area contributed by atoms with Gasteiger partial charge >= 0.3 is 34.3 Å². The number of ketones is 1. The number of sulfonamides is 1. The van der Waals surface area contributed by atoms with E-state index in [0.717, 1.165) is 95.0 Å². The second-order valence-electron chi connectivity index (χ2n) is 37.6. The monoisotopic (exact) mass is 1820 g/mol. The minimum Gasteiger partial charge on any atom is -0.743 e. The Hall–Kier alpha value is -6.72. The van der Waals surface area contributed by atoms with Gasteiger partial charge in [0.05, 0.1) is 45.8 Å². The third-order valence-corrected chi connectivity index (χ3v) is 35.7. The van der Waals surface area contributed by atoms with Crippen LogP contribution in [0.3, 0.4) is 0 Å². The van der Waals surface area contributed by atoms with Crippen LogP contribution in [0.4, 0.5) is 43.9 Å². The van der Waals surface area contributed by atoms with Crippen molar-refractivity contribution >= 4 is 70.5 Å². The van der Waals surface area contributed by atoms with Gasteiger partial charge in [0.15, 0.2) is 58.0 Å². The minimum absolute atomic E-state index is 0.00240. The van der Waals surface area contributed by atoms with Gasteiger partial charge in [-0.3, -0.25) is 14.4 Å². The van der Waals surface area contributed by atoms with Crippen molar-refractivity contribution in [2.45, 2.75) is 240 Å². The highest BCUT2D eigenvalue weighted by atomic mass is 32.2. The number of Topliss-reactive ketones (excluding diaryl/α,β-unsaturated/α-hetero) is 1. The van der Waals surface area contributed by atoms with Gasteiger partial charge in [0.2, 0.25) is 5.78 Å². The maximum atomic E-state index is 13.8. The van der Waals surface area contributed by atoms with Crippen LogP contribution in [0.1, 0.15) is 186 Å². The van der Waals surface area contributed by atoms with Crippen LogP contribution in [0.2, 0.25) is 0 Å². The maximum absolute atomic E-state index is 13.8. The van der Waals surface area contributed by atoms with Crippen LogP contribution >= 0.6 is 0 Å². The molecule has 0 amide bonds. The molecule has 0 spiro atoms. The zero-order chi connectivity index (χ0) is 90.1. The Bertz CT molecular complexity index is 4660. The molecule has 2 saturated heterocycles. The Balaban J connectivity index is 0.000000145. The van der Waals surface area contributed by atoms with E-state index in [1.807, 2.05) is 24.3 Å². The molecule has 0 radical (unpaired) electrons. The Morgan fingerprint density at radius 2 is 0.831 bits per heavy atom. The Morgan fingerprint density at radius 3 is 1.16 bits per heavy atom. The molecule has 27 heteroatoms. The Kier molecular flexibility index (Phi) is 32.0. The van der Waals surface area contributed by atoms with Gasteiger partial charge in [-0.1, -0.05) is 194 Å². The van der Waals surface area contributed by atoms with Crippen molar-refractivity contribution in [2.24, 2.45) is 63.6 Å². The molecule has 0 aromatic heterocycles. The van der Waals surface area contributed by atoms with Gasteiger partial charge in [0.1, 0.15) is 11.5 Å². The summed E-state index contributed by atoms with van der Waals surface area (Å²) in [7, 11) is -11.6. The second-order valence-corrected chi connectivity index (χ2v) is 47.5. The molecule has 0 N–H and O–H groups in total. The van der Waals surface area contributed by atoms with Crippen molar-refractivity contribution in [1.29, 1.82) is 0 Å². The van der Waals surface area contributed by atoms with Crippen molar-refractivity contribution in [3.05, 3.63) is 217 Å². The molecule has 11 fully saturated rings. The summed E-state index contributed by atoms with van der Waals surface area (Å²) in [4.78, 5) is 45.6. The summed E-state index contributed by atoms with van der Waals surface area (Å²) >= 11 is 0. The number of piperidine rings is 1. The number of benzene rings is 7. The van der Waals surface area contributed by atoms with Gasteiger partial charge in [0.25, 0.3) is 15.9 Å². The SMILES string of the molecule is CC(C)(C)c1ccc([S+](c2ccccc2)c2ccccc2)cc1.CC(F)(F)C(F)(F)C(F)(F)S(=O)(=O)N1CCC2CCCCC2C1.CC(F)(F)COC(=O)C12CC3CC(CC(C3)C1)C2.Cc1ccc(C(=O)C([S+]2CCOCC2)C(C)(C)C)cc1.O=C(OCC(F)(F)S(=O)(=O)[O-])C12CC3CC(CC(C3)C1)C2.c1ccc([S+](c2ccccc2)c2ccccc2)cc1. The molecule has 11 aliphatic rings. The number of nitrogens with zero attached hydrogens (tertiary/aromatic N) is 1. The topological polar surface area (TPSA) is 173 Å². The number of hydrogen-bond acceptors (Lipinski definition) is 11. The largest absolute Gasteiger partial charge is 0.743 e. The van der Waals surface area contributed by atoms with E-state index < -0.39 is 85.4 Å². The predicted molar refractivity (Wildman–Crippen MR) is 468 cm³/mol. The van der Waals surface area contributed by atoms with Crippen molar-refractivity contribution in [2.75, 3.05) is 51.0 Å². The van der Waals surface area contributed by atoms with E-state index in [1.165, 1.54) is 59.8 Å². The van der Waals surface area contributed by atoms with Crippen molar-refractivity contribution in [3.63, 3.8) is 0 Å². The molecule has 18 rings (SSSR count). The van der Waals surface area contributed by atoms with Gasteiger partial charge in [-0.2, -0.15) is 39.4 Å². The highest BCUT2D eigenvalue weighted by molar-refractivity contribution is 7.98. The fraction of sp³-hybridized carbons (Fsp3) is 0.536. The smallest absolute Gasteiger partial charge is 0.427 e. The van der Waals surface area contributed by atoms with E-state index in [-0.39, 0.29) is 90.4 Å². The molecule has 9 saturated carbocycles. The van der Waals surface area contributed by atoms with Gasteiger partial charge in [-0.15, -0.1) is 0 Å². The molecule has 3 unspecified atom stereocenters. The van der Waals surface area contributed by atoms with Crippen LogP contribution in [-0.2, 0) is 82.0 Å². The maximum Gasteiger partial charge on any atom is 0.427 e. The summed E-state index contributed by atoms with van der Waals surface area (Å²) in [5, 5.41) is -10.3. The molecule has 676 valence electrons. The lowest BCUT2D eigenvalue weighted by Crippen LogP contribution is -2.61. The normalized spacial score (nSPS) is 24.7. The van der Waals surface area contributed by atoms with E-state index >= 15 is 0 Å². The number of hydrogen-bond donors (Lipinski definition) is 0. The number of esters is 2. The zero-order valence-electron chi connectivity index (χ0n) is 72.2. The number of alkyl halides is 10. The first kappa shape index (κ1) is 97.9. The van der Waals surface area contributed by atoms with E-state index in [2.05, 4.69) is 229 Å². The number of fused-ring (bicyclic) bond motifs is 1. The van der Waals surface area contributed by atoms with Gasteiger partial charge < -0.3 is 18.8 Å². The first-order chi connectivity index (χ1) is 58.2. The summed E-state index contributed by atoms with van der Waals surface area (Å²) in [5.41, 5.74) is 2.47. The van der Waals surface area contributed by atoms with Crippen LogP contribution in [0.25, 0.3) is 0 Å². The first-order valence-corrected chi connectivity index (χ1v) is 50.0. The lowest BCUT2D eigenvalue weighted by atomic mass is 9.49. The van der Waals surface area contributed by atoms with Crippen LogP contribution in [0.5, 0.6) is 0 Å². The molecular weight excluding hydrogens is 1710 g/mol. The van der Waals surface area contributed by atoms with Crippen LogP contribution in [-0.4, -0.2) is 128 Å². The van der Waals surface area contributed by atoms with Crippen molar-refractivity contribution in [1.82, 2.24) is 4.31 Å². The highest BCUT2D eigenvalue weighted by Crippen LogP contribution is 2.62. The third-order valence-electron chi connectivity index (χ3n) is 25.5. The van der Waals surface area contributed by atoms with E-state index in [0.29, 0.717) is 67.0 Å². The van der Waals surface area contributed by atoms with E-state index in [9.17, 15) is 79.7 Å². The molecule has 7 aromatic carbocycles. The van der Waals surface area contributed by atoms with Crippen LogP contribution in [0, 0.1) is 70.5 Å². The number of halogens is 10. The number of carbonyl (C=O) groups excluding carboxylic acids is 3.